The Balaban J connectivity index is 1.08. The van der Waals surface area contributed by atoms with Gasteiger partial charge in [0.25, 0.3) is 5.91 Å². The first-order valence-corrected chi connectivity index (χ1v) is 14.5. The van der Waals surface area contributed by atoms with Crippen molar-refractivity contribution in [1.82, 2.24) is 14.3 Å². The number of hydrogen-bond acceptors (Lipinski definition) is 6. The van der Waals surface area contributed by atoms with E-state index in [1.54, 1.807) is 29.2 Å². The van der Waals surface area contributed by atoms with Crippen LogP contribution in [0.4, 0.5) is 20.6 Å². The van der Waals surface area contributed by atoms with E-state index >= 15 is 0 Å². The van der Waals surface area contributed by atoms with E-state index in [0.717, 1.165) is 37.8 Å². The van der Waals surface area contributed by atoms with E-state index in [1.165, 1.54) is 12.1 Å². The Kier molecular flexibility index (Phi) is 8.13. The molecular formula is C30H36FN4O5S+. The van der Waals surface area contributed by atoms with E-state index in [9.17, 15) is 23.9 Å². The van der Waals surface area contributed by atoms with Gasteiger partial charge < -0.3 is 14.7 Å². The molecule has 9 nitrogen and oxygen atoms in total. The standard InChI is InChI=1S/C30H35FN4O5S/c1-30(2)27(37)34(23-10-11-25-21(18-23)20-40-26(25)36)28(41)33(30)13-6-4-3-5-12-32-14-16-35(17-15-32,29(38)39)24-9-7-8-22(31)19-24/h7-11,18-19H,3-6,12-17,20H2,1-2H3/p+1. The summed E-state index contributed by atoms with van der Waals surface area (Å²) in [5, 5.41) is 10.4. The van der Waals surface area contributed by atoms with Gasteiger partial charge in [-0.25, -0.2) is 9.18 Å². The minimum Gasteiger partial charge on any atom is -0.457 e. The van der Waals surface area contributed by atoms with E-state index in [2.05, 4.69) is 4.90 Å². The number of nitrogens with zero attached hydrogens (tertiary/aromatic N) is 4. The lowest BCUT2D eigenvalue weighted by Crippen LogP contribution is -2.63. The van der Waals surface area contributed by atoms with E-state index in [0.29, 0.717) is 54.8 Å². The number of ether oxygens (including phenoxy) is 1. The minimum absolute atomic E-state index is 0.0909. The fourth-order valence-corrected chi connectivity index (χ4v) is 6.54. The fourth-order valence-electron chi connectivity index (χ4n) is 6.03. The molecule has 2 aromatic carbocycles. The van der Waals surface area contributed by atoms with Crippen LogP contribution >= 0.6 is 12.2 Å². The van der Waals surface area contributed by atoms with Crippen molar-refractivity contribution < 1.29 is 28.6 Å². The van der Waals surface area contributed by atoms with Gasteiger partial charge in [0.1, 0.15) is 36.7 Å². The summed E-state index contributed by atoms with van der Waals surface area (Å²) in [4.78, 5) is 43.2. The molecule has 0 unspecified atom stereocenters. The van der Waals surface area contributed by atoms with E-state index < -0.39 is 17.4 Å². The molecule has 0 bridgehead atoms. The number of halogens is 1. The minimum atomic E-state index is -0.949. The zero-order chi connectivity index (χ0) is 29.4. The lowest BCUT2D eigenvalue weighted by Gasteiger charge is -2.40. The molecule has 5 rings (SSSR count). The monoisotopic (exact) mass is 583 g/mol. The first-order chi connectivity index (χ1) is 19.5. The van der Waals surface area contributed by atoms with Crippen LogP contribution in [0.3, 0.4) is 0 Å². The third-order valence-corrected chi connectivity index (χ3v) is 9.02. The van der Waals surface area contributed by atoms with Gasteiger partial charge in [-0.05, 0) is 75.8 Å². The maximum atomic E-state index is 13.8. The SMILES string of the molecule is CC1(C)C(=O)N(c2ccc3c(c2)COC3=O)C(=S)N1CCCCCCN1CC[N+](C(=O)O)(c2cccc(F)c2)CC1. The molecule has 3 heterocycles. The second-order valence-electron chi connectivity index (χ2n) is 11.5. The summed E-state index contributed by atoms with van der Waals surface area (Å²) in [5.41, 5.74) is 1.65. The molecule has 2 amide bonds. The normalized spacial score (nSPS) is 19.9. The lowest BCUT2D eigenvalue weighted by atomic mass is 10.0. The summed E-state index contributed by atoms with van der Waals surface area (Å²) in [7, 11) is 0. The molecule has 3 aliphatic rings. The molecule has 41 heavy (non-hydrogen) atoms. The van der Waals surface area contributed by atoms with Crippen LogP contribution in [0.25, 0.3) is 0 Å². The smallest absolute Gasteiger partial charge is 0.457 e. The molecule has 0 spiro atoms. The van der Waals surface area contributed by atoms with Crippen LogP contribution in [0.2, 0.25) is 0 Å². The molecule has 218 valence electrons. The average Bonchev–Trinajstić information content (AvgIpc) is 3.39. The van der Waals surface area contributed by atoms with Crippen molar-refractivity contribution in [3.63, 3.8) is 0 Å². The number of benzene rings is 2. The van der Waals surface area contributed by atoms with Gasteiger partial charge in [0.2, 0.25) is 0 Å². The van der Waals surface area contributed by atoms with Gasteiger partial charge in [0, 0.05) is 31.3 Å². The quantitative estimate of drug-likeness (QED) is 0.196. The number of thiocarbonyl (C=S) groups is 1. The lowest BCUT2D eigenvalue weighted by molar-refractivity contribution is -0.123. The van der Waals surface area contributed by atoms with Crippen molar-refractivity contribution >= 4 is 46.7 Å². The second kappa shape index (κ2) is 11.5. The highest BCUT2D eigenvalue weighted by atomic mass is 32.1. The third-order valence-electron chi connectivity index (χ3n) is 8.62. The van der Waals surface area contributed by atoms with Crippen LogP contribution < -0.4 is 9.38 Å². The summed E-state index contributed by atoms with van der Waals surface area (Å²) >= 11 is 5.75. The number of rotatable bonds is 9. The van der Waals surface area contributed by atoms with Crippen molar-refractivity contribution in [2.45, 2.75) is 51.7 Å². The number of cyclic esters (lactones) is 1. The highest BCUT2D eigenvalue weighted by Gasteiger charge is 2.49. The Bertz CT molecular complexity index is 1370. The van der Waals surface area contributed by atoms with Gasteiger partial charge in [-0.2, -0.15) is 9.28 Å². The van der Waals surface area contributed by atoms with Crippen LogP contribution in [-0.4, -0.2) is 82.8 Å². The third kappa shape index (κ3) is 5.45. The molecule has 0 atom stereocenters. The number of amides is 2. The molecule has 2 fully saturated rings. The first kappa shape index (κ1) is 29.1. The second-order valence-corrected chi connectivity index (χ2v) is 11.8. The van der Waals surface area contributed by atoms with E-state index in [4.69, 9.17) is 17.0 Å². The summed E-state index contributed by atoms with van der Waals surface area (Å²) < 4.78 is 18.6. The summed E-state index contributed by atoms with van der Waals surface area (Å²) in [5.74, 6) is -0.859. The fraction of sp³-hybridized carbons (Fsp3) is 0.467. The maximum absolute atomic E-state index is 13.8. The van der Waals surface area contributed by atoms with E-state index in [-0.39, 0.29) is 23.0 Å². The zero-order valence-electron chi connectivity index (χ0n) is 23.5. The van der Waals surface area contributed by atoms with Crippen LogP contribution in [0.1, 0.15) is 55.5 Å². The molecule has 2 saturated heterocycles. The Morgan fingerprint density at radius 2 is 1.76 bits per heavy atom. The molecule has 0 aromatic heterocycles. The number of unbranched alkanes of at least 4 members (excludes halogenated alkanes) is 3. The number of carboxylic acid groups (broad SMARTS) is 1. The molecule has 3 aliphatic heterocycles. The van der Waals surface area contributed by atoms with Crippen LogP contribution in [0, 0.1) is 5.82 Å². The molecule has 0 saturated carbocycles. The number of esters is 1. The van der Waals surface area contributed by atoms with Crippen molar-refractivity contribution in [2.24, 2.45) is 0 Å². The van der Waals surface area contributed by atoms with Crippen molar-refractivity contribution in [1.29, 1.82) is 0 Å². The summed E-state index contributed by atoms with van der Waals surface area (Å²) in [6.45, 7) is 7.60. The number of carbonyl (C=O) groups is 3. The molecular weight excluding hydrogens is 547 g/mol. The molecule has 1 N–H and O–H groups in total. The Morgan fingerprint density at radius 3 is 2.44 bits per heavy atom. The van der Waals surface area contributed by atoms with Gasteiger partial charge >= 0.3 is 12.1 Å². The van der Waals surface area contributed by atoms with Gasteiger partial charge in [0.15, 0.2) is 5.11 Å². The van der Waals surface area contributed by atoms with Crippen molar-refractivity contribution in [2.75, 3.05) is 44.2 Å². The summed E-state index contributed by atoms with van der Waals surface area (Å²) in [6.07, 6.45) is 2.91. The topological polar surface area (TPSA) is 90.4 Å². The van der Waals surface area contributed by atoms with Gasteiger partial charge in [-0.1, -0.05) is 18.9 Å². The highest BCUT2D eigenvalue weighted by molar-refractivity contribution is 7.80. The number of anilines is 1. The number of hydrogen-bond donors (Lipinski definition) is 1. The number of carbonyl (C=O) groups excluding carboxylic acids is 2. The van der Waals surface area contributed by atoms with Crippen molar-refractivity contribution in [3.05, 3.63) is 59.4 Å². The highest BCUT2D eigenvalue weighted by Crippen LogP contribution is 2.35. The zero-order valence-corrected chi connectivity index (χ0v) is 24.3. The average molecular weight is 584 g/mol. The molecule has 2 aromatic rings. The number of quaternary nitrogens is 1. The predicted molar refractivity (Wildman–Crippen MR) is 157 cm³/mol. The number of fused-ring (bicyclic) bond motifs is 1. The van der Waals surface area contributed by atoms with E-state index in [1.807, 2.05) is 24.8 Å². The number of piperazine rings is 1. The maximum Gasteiger partial charge on any atom is 0.518 e. The van der Waals surface area contributed by atoms with Gasteiger partial charge in [0.05, 0.1) is 11.3 Å². The Labute approximate surface area is 244 Å². The Hall–Kier alpha value is -3.41. The predicted octanol–water partition coefficient (Wildman–Crippen LogP) is 4.77. The van der Waals surface area contributed by atoms with Crippen molar-refractivity contribution in [3.8, 4) is 0 Å². The summed E-state index contributed by atoms with van der Waals surface area (Å²) in [6, 6.07) is 11.2. The molecule has 0 radical (unpaired) electrons. The van der Waals surface area contributed by atoms with Gasteiger partial charge in [-0.3, -0.25) is 14.6 Å². The van der Waals surface area contributed by atoms with Crippen LogP contribution in [0.15, 0.2) is 42.5 Å². The van der Waals surface area contributed by atoms with Gasteiger partial charge in [-0.15, -0.1) is 0 Å². The van der Waals surface area contributed by atoms with Crippen LogP contribution in [-0.2, 0) is 16.1 Å². The molecule has 11 heteroatoms. The van der Waals surface area contributed by atoms with Crippen LogP contribution in [0.5, 0.6) is 0 Å². The Morgan fingerprint density at radius 1 is 1.05 bits per heavy atom. The first-order valence-electron chi connectivity index (χ1n) is 14.1. The largest absolute Gasteiger partial charge is 0.518 e. The molecule has 0 aliphatic carbocycles.